The van der Waals surface area contributed by atoms with E-state index >= 15 is 0 Å². The molecule has 9 heteroatoms. The second kappa shape index (κ2) is 5.48. The number of rotatable bonds is 4. The van der Waals surface area contributed by atoms with Crippen LogP contribution in [-0.2, 0) is 0 Å². The van der Waals surface area contributed by atoms with Crippen LogP contribution in [0.2, 0.25) is 0 Å². The maximum Gasteiger partial charge on any atom is 0.333 e. The molecular formula is C13H17F2N7. The number of nitrogens with one attached hydrogen (secondary N) is 1. The van der Waals surface area contributed by atoms with E-state index in [0.717, 1.165) is 13.1 Å². The van der Waals surface area contributed by atoms with Crippen molar-refractivity contribution in [3.8, 4) is 11.3 Å². The van der Waals surface area contributed by atoms with Crippen molar-refractivity contribution in [1.29, 1.82) is 0 Å². The number of halogens is 2. The summed E-state index contributed by atoms with van der Waals surface area (Å²) in [5.74, 6) is 0.808. The fraction of sp³-hybridized carbons (Fsp3) is 0.462. The van der Waals surface area contributed by atoms with Crippen LogP contribution in [0.1, 0.15) is 12.2 Å². The number of alkyl halides is 2. The van der Waals surface area contributed by atoms with Gasteiger partial charge in [0.2, 0.25) is 5.95 Å². The van der Waals surface area contributed by atoms with Gasteiger partial charge in [-0.1, -0.05) is 0 Å². The van der Waals surface area contributed by atoms with Gasteiger partial charge in [0.15, 0.2) is 0 Å². The van der Waals surface area contributed by atoms with Gasteiger partial charge in [-0.15, -0.1) is 0 Å². The van der Waals surface area contributed by atoms with E-state index in [1.54, 1.807) is 13.0 Å². The van der Waals surface area contributed by atoms with Crippen LogP contribution in [0.5, 0.6) is 0 Å². The van der Waals surface area contributed by atoms with Crippen LogP contribution < -0.4 is 16.0 Å². The molecule has 0 aliphatic carbocycles. The number of aromatic nitrogens is 4. The highest BCUT2D eigenvalue weighted by Crippen LogP contribution is 2.28. The first-order valence-corrected chi connectivity index (χ1v) is 6.89. The Morgan fingerprint density at radius 2 is 2.09 bits per heavy atom. The summed E-state index contributed by atoms with van der Waals surface area (Å²) in [6.07, 6.45) is 1.37. The lowest BCUT2D eigenvalue weighted by Crippen LogP contribution is -2.57. The van der Waals surface area contributed by atoms with Gasteiger partial charge in [0.25, 0.3) is 0 Å². The van der Waals surface area contributed by atoms with Crippen molar-refractivity contribution >= 4 is 11.8 Å². The molecule has 118 valence electrons. The topological polar surface area (TPSA) is 84.9 Å². The van der Waals surface area contributed by atoms with Crippen LogP contribution in [0.15, 0.2) is 12.3 Å². The summed E-state index contributed by atoms with van der Waals surface area (Å²) >= 11 is 0. The van der Waals surface area contributed by atoms with Gasteiger partial charge in [-0.05, 0) is 14.0 Å². The predicted octanol–water partition coefficient (Wildman–Crippen LogP) is 1.03. The standard InChI is InChI=1S/C13H17F2N7/c1-7-9(4-18-22(7)12(14)15)10-3-11(20-13(16)19-10)21-5-8(6-21)17-2/h3-4,8,12,17H,5-6H2,1-2H3,(H2,16,19,20). The van der Waals surface area contributed by atoms with E-state index in [1.807, 2.05) is 7.05 Å². The molecule has 1 fully saturated rings. The normalized spacial score (nSPS) is 15.4. The Bertz CT molecular complexity index is 679. The Labute approximate surface area is 126 Å². The van der Waals surface area contributed by atoms with Gasteiger partial charge in [-0.2, -0.15) is 18.9 Å². The van der Waals surface area contributed by atoms with Gasteiger partial charge in [0, 0.05) is 30.8 Å². The minimum Gasteiger partial charge on any atom is -0.368 e. The van der Waals surface area contributed by atoms with Crippen LogP contribution in [0.3, 0.4) is 0 Å². The minimum atomic E-state index is -2.68. The van der Waals surface area contributed by atoms with Crippen molar-refractivity contribution in [3.05, 3.63) is 18.0 Å². The second-order valence-corrected chi connectivity index (χ2v) is 5.23. The zero-order valence-electron chi connectivity index (χ0n) is 12.3. The summed E-state index contributed by atoms with van der Waals surface area (Å²) in [5, 5.41) is 6.87. The van der Waals surface area contributed by atoms with E-state index in [-0.39, 0.29) is 5.95 Å². The summed E-state index contributed by atoms with van der Waals surface area (Å²) in [4.78, 5) is 10.4. The van der Waals surface area contributed by atoms with E-state index in [9.17, 15) is 8.78 Å². The lowest BCUT2D eigenvalue weighted by atomic mass is 10.1. The molecule has 2 aromatic rings. The molecule has 22 heavy (non-hydrogen) atoms. The molecule has 0 radical (unpaired) electrons. The SMILES string of the molecule is CNC1CN(c2cc(-c3cnn(C(F)F)c3C)nc(N)n2)C1. The molecule has 0 bridgehead atoms. The third-order valence-corrected chi connectivity index (χ3v) is 3.85. The van der Waals surface area contributed by atoms with E-state index < -0.39 is 6.55 Å². The largest absolute Gasteiger partial charge is 0.368 e. The highest BCUT2D eigenvalue weighted by molar-refractivity contribution is 5.66. The van der Waals surface area contributed by atoms with Crippen molar-refractivity contribution in [2.45, 2.75) is 19.5 Å². The van der Waals surface area contributed by atoms with Gasteiger partial charge in [-0.3, -0.25) is 0 Å². The van der Waals surface area contributed by atoms with E-state index in [2.05, 4.69) is 25.3 Å². The molecule has 0 atom stereocenters. The number of hydrogen-bond donors (Lipinski definition) is 2. The van der Waals surface area contributed by atoms with Gasteiger partial charge in [0.05, 0.1) is 17.6 Å². The van der Waals surface area contributed by atoms with Gasteiger partial charge in [-0.25, -0.2) is 9.67 Å². The molecule has 2 aromatic heterocycles. The summed E-state index contributed by atoms with van der Waals surface area (Å²) in [7, 11) is 1.91. The first-order valence-electron chi connectivity index (χ1n) is 6.89. The number of nitrogens with zero attached hydrogens (tertiary/aromatic N) is 5. The van der Waals surface area contributed by atoms with Crippen LogP contribution in [-0.4, -0.2) is 45.9 Å². The molecule has 0 amide bonds. The van der Waals surface area contributed by atoms with E-state index in [4.69, 9.17) is 5.73 Å². The zero-order valence-corrected chi connectivity index (χ0v) is 12.3. The molecule has 0 spiro atoms. The molecule has 7 nitrogen and oxygen atoms in total. The lowest BCUT2D eigenvalue weighted by Gasteiger charge is -2.40. The minimum absolute atomic E-state index is 0.115. The van der Waals surface area contributed by atoms with Crippen molar-refractivity contribution < 1.29 is 8.78 Å². The van der Waals surface area contributed by atoms with Gasteiger partial charge in [0.1, 0.15) is 5.82 Å². The molecule has 1 saturated heterocycles. The number of hydrogen-bond acceptors (Lipinski definition) is 6. The quantitative estimate of drug-likeness (QED) is 0.877. The molecule has 0 saturated carbocycles. The monoisotopic (exact) mass is 309 g/mol. The Morgan fingerprint density at radius 3 is 2.68 bits per heavy atom. The highest BCUT2D eigenvalue weighted by Gasteiger charge is 2.27. The first kappa shape index (κ1) is 14.6. The molecule has 0 aromatic carbocycles. The van der Waals surface area contributed by atoms with Crippen LogP contribution >= 0.6 is 0 Å². The maximum atomic E-state index is 12.8. The Kier molecular flexibility index (Phi) is 3.65. The van der Waals surface area contributed by atoms with Crippen molar-refractivity contribution in [2.24, 2.45) is 0 Å². The van der Waals surface area contributed by atoms with Crippen LogP contribution in [0.4, 0.5) is 20.5 Å². The average Bonchev–Trinajstić information content (AvgIpc) is 2.79. The van der Waals surface area contributed by atoms with Crippen molar-refractivity contribution in [2.75, 3.05) is 30.8 Å². The molecule has 0 unspecified atom stereocenters. The van der Waals surface area contributed by atoms with E-state index in [1.165, 1.54) is 6.20 Å². The highest BCUT2D eigenvalue weighted by atomic mass is 19.3. The predicted molar refractivity (Wildman–Crippen MR) is 78.7 cm³/mol. The van der Waals surface area contributed by atoms with Crippen molar-refractivity contribution in [1.82, 2.24) is 25.1 Å². The van der Waals surface area contributed by atoms with E-state index in [0.29, 0.717) is 33.5 Å². The number of nitrogens with two attached hydrogens (primary N) is 1. The average molecular weight is 309 g/mol. The van der Waals surface area contributed by atoms with Gasteiger partial charge >= 0.3 is 6.55 Å². The third kappa shape index (κ3) is 2.47. The first-order chi connectivity index (χ1) is 10.5. The summed E-state index contributed by atoms with van der Waals surface area (Å²) in [6, 6.07) is 2.17. The Balaban J connectivity index is 1.93. The Hall–Kier alpha value is -2.29. The van der Waals surface area contributed by atoms with Crippen molar-refractivity contribution in [3.63, 3.8) is 0 Å². The third-order valence-electron chi connectivity index (χ3n) is 3.85. The summed E-state index contributed by atoms with van der Waals surface area (Å²) in [6.45, 7) is 0.537. The smallest absolute Gasteiger partial charge is 0.333 e. The number of nitrogen functional groups attached to an aromatic ring is 1. The number of likely N-dealkylation sites (N-methyl/N-ethyl adjacent to an activating group) is 1. The maximum absolute atomic E-state index is 12.8. The molecule has 1 aliphatic heterocycles. The molecule has 3 N–H and O–H groups in total. The number of anilines is 2. The second-order valence-electron chi connectivity index (χ2n) is 5.23. The molecule has 3 rings (SSSR count). The van der Waals surface area contributed by atoms with Crippen LogP contribution in [0, 0.1) is 6.92 Å². The Morgan fingerprint density at radius 1 is 1.36 bits per heavy atom. The van der Waals surface area contributed by atoms with Crippen LogP contribution in [0.25, 0.3) is 11.3 Å². The summed E-state index contributed by atoms with van der Waals surface area (Å²) in [5.41, 5.74) is 7.13. The summed E-state index contributed by atoms with van der Waals surface area (Å²) < 4.78 is 26.3. The molecule has 3 heterocycles. The lowest BCUT2D eigenvalue weighted by molar-refractivity contribution is 0.0545. The fourth-order valence-electron chi connectivity index (χ4n) is 2.47. The fourth-order valence-corrected chi connectivity index (χ4v) is 2.47. The zero-order chi connectivity index (χ0) is 15.9. The van der Waals surface area contributed by atoms with Gasteiger partial charge < -0.3 is 16.0 Å². The molecule has 1 aliphatic rings. The molecular weight excluding hydrogens is 292 g/mol.